The highest BCUT2D eigenvalue weighted by Gasteiger charge is 2.23. The Balaban J connectivity index is 2.06. The van der Waals surface area contributed by atoms with Crippen LogP contribution >= 0.6 is 0 Å². The molecular weight excluding hydrogens is 252 g/mol. The van der Waals surface area contributed by atoms with E-state index in [0.29, 0.717) is 5.92 Å². The zero-order chi connectivity index (χ0) is 14.5. The summed E-state index contributed by atoms with van der Waals surface area (Å²) in [5.41, 5.74) is 0.727. The molecule has 1 aromatic rings. The van der Waals surface area contributed by atoms with Gasteiger partial charge < -0.3 is 14.6 Å². The van der Waals surface area contributed by atoms with Gasteiger partial charge in [0.15, 0.2) is 0 Å². The largest absolute Gasteiger partial charge is 0.466 e. The monoisotopic (exact) mass is 278 g/mol. The van der Waals surface area contributed by atoms with Crippen LogP contribution in [-0.4, -0.2) is 37.0 Å². The summed E-state index contributed by atoms with van der Waals surface area (Å²) in [6.45, 7) is 9.72. The first kappa shape index (κ1) is 15.1. The van der Waals surface area contributed by atoms with Crippen LogP contribution in [0.5, 0.6) is 0 Å². The van der Waals surface area contributed by atoms with Crippen LogP contribution in [0.15, 0.2) is 10.5 Å². The Morgan fingerprint density at radius 3 is 2.65 bits per heavy atom. The van der Waals surface area contributed by atoms with Crippen molar-refractivity contribution in [2.24, 2.45) is 5.92 Å². The fraction of sp³-hybridized carbons (Fsp3) is 0.688. The van der Waals surface area contributed by atoms with Gasteiger partial charge >= 0.3 is 0 Å². The quantitative estimate of drug-likeness (QED) is 0.901. The summed E-state index contributed by atoms with van der Waals surface area (Å²) in [4.78, 5) is 14.7. The lowest BCUT2D eigenvalue weighted by Gasteiger charge is -2.30. The van der Waals surface area contributed by atoms with Gasteiger partial charge in [-0.2, -0.15) is 0 Å². The second-order valence-electron chi connectivity index (χ2n) is 5.77. The number of amides is 1. The minimum Gasteiger partial charge on any atom is -0.466 e. The number of hydrogen-bond acceptors (Lipinski definition) is 3. The van der Waals surface area contributed by atoms with Gasteiger partial charge in [0.05, 0.1) is 5.56 Å². The van der Waals surface area contributed by atoms with E-state index in [1.165, 1.54) is 0 Å². The number of piperidine rings is 1. The molecule has 0 atom stereocenters. The van der Waals surface area contributed by atoms with Crippen molar-refractivity contribution >= 4 is 5.91 Å². The zero-order valence-electron chi connectivity index (χ0n) is 12.9. The predicted octanol–water partition coefficient (Wildman–Crippen LogP) is 2.75. The lowest BCUT2D eigenvalue weighted by atomic mass is 9.97. The van der Waals surface area contributed by atoms with Crippen molar-refractivity contribution < 1.29 is 9.21 Å². The minimum absolute atomic E-state index is 0.125. The van der Waals surface area contributed by atoms with Crippen LogP contribution in [0.2, 0.25) is 0 Å². The van der Waals surface area contributed by atoms with Gasteiger partial charge in [-0.1, -0.05) is 6.92 Å². The Bertz CT molecular complexity index is 447. The third-order valence-electron chi connectivity index (χ3n) is 3.99. The van der Waals surface area contributed by atoms with Gasteiger partial charge in [-0.3, -0.25) is 4.79 Å². The molecule has 1 aromatic heterocycles. The smallest absolute Gasteiger partial charge is 0.257 e. The molecular formula is C16H26N2O2. The minimum atomic E-state index is 0.125. The van der Waals surface area contributed by atoms with E-state index in [1.807, 2.05) is 24.8 Å². The number of carbonyl (C=O) groups excluding carboxylic acids is 1. The molecule has 2 heterocycles. The molecule has 1 aliphatic heterocycles. The van der Waals surface area contributed by atoms with Crippen LogP contribution in [0.25, 0.3) is 0 Å². The lowest BCUT2D eigenvalue weighted by Crippen LogP contribution is -2.39. The predicted molar refractivity (Wildman–Crippen MR) is 80.0 cm³/mol. The molecule has 0 unspecified atom stereocenters. The van der Waals surface area contributed by atoms with E-state index in [9.17, 15) is 4.79 Å². The summed E-state index contributed by atoms with van der Waals surface area (Å²) in [5, 5.41) is 3.37. The molecule has 4 nitrogen and oxygen atoms in total. The standard InChI is InChI=1S/C16H26N2O2/c1-4-9-18(11-14-5-7-17-8-6-14)16(19)15-10-12(2)20-13(15)3/h10,14,17H,4-9,11H2,1-3H3. The number of carbonyl (C=O) groups is 1. The lowest BCUT2D eigenvalue weighted by molar-refractivity contribution is 0.0714. The molecule has 0 aliphatic carbocycles. The Kier molecular flexibility index (Phi) is 5.24. The Morgan fingerprint density at radius 1 is 1.40 bits per heavy atom. The van der Waals surface area contributed by atoms with E-state index >= 15 is 0 Å². The summed E-state index contributed by atoms with van der Waals surface area (Å²) in [5.74, 6) is 2.29. The van der Waals surface area contributed by atoms with Crippen molar-refractivity contribution in [2.75, 3.05) is 26.2 Å². The van der Waals surface area contributed by atoms with Crippen molar-refractivity contribution in [1.82, 2.24) is 10.2 Å². The average Bonchev–Trinajstić information content (AvgIpc) is 2.77. The second kappa shape index (κ2) is 6.93. The van der Waals surface area contributed by atoms with Gasteiger partial charge in [0.2, 0.25) is 0 Å². The third kappa shape index (κ3) is 3.63. The molecule has 1 fully saturated rings. The highest BCUT2D eigenvalue weighted by molar-refractivity contribution is 5.95. The van der Waals surface area contributed by atoms with E-state index in [4.69, 9.17) is 4.42 Å². The maximum absolute atomic E-state index is 12.7. The van der Waals surface area contributed by atoms with Crippen LogP contribution in [0.3, 0.4) is 0 Å². The van der Waals surface area contributed by atoms with E-state index in [0.717, 1.165) is 62.5 Å². The summed E-state index contributed by atoms with van der Waals surface area (Å²) < 4.78 is 5.50. The van der Waals surface area contributed by atoms with Crippen LogP contribution in [-0.2, 0) is 0 Å². The molecule has 112 valence electrons. The highest BCUT2D eigenvalue weighted by Crippen LogP contribution is 2.19. The molecule has 1 saturated heterocycles. The van der Waals surface area contributed by atoms with E-state index < -0.39 is 0 Å². The number of furan rings is 1. The molecule has 0 saturated carbocycles. The first-order valence-electron chi connectivity index (χ1n) is 7.68. The summed E-state index contributed by atoms with van der Waals surface area (Å²) in [6.07, 6.45) is 3.32. The van der Waals surface area contributed by atoms with E-state index in [2.05, 4.69) is 12.2 Å². The molecule has 0 aromatic carbocycles. The SMILES string of the molecule is CCCN(CC1CCNCC1)C(=O)c1cc(C)oc1C. The number of aryl methyl sites for hydroxylation is 2. The van der Waals surface area contributed by atoms with Crippen molar-refractivity contribution in [1.29, 1.82) is 0 Å². The van der Waals surface area contributed by atoms with Gasteiger partial charge in [-0.25, -0.2) is 0 Å². The zero-order valence-corrected chi connectivity index (χ0v) is 12.9. The van der Waals surface area contributed by atoms with Crippen LogP contribution in [0.1, 0.15) is 48.1 Å². The van der Waals surface area contributed by atoms with Crippen molar-refractivity contribution in [3.63, 3.8) is 0 Å². The Morgan fingerprint density at radius 2 is 2.10 bits per heavy atom. The first-order chi connectivity index (χ1) is 9.61. The summed E-state index contributed by atoms with van der Waals surface area (Å²) in [7, 11) is 0. The van der Waals surface area contributed by atoms with Gasteiger partial charge in [-0.05, 0) is 58.2 Å². The fourth-order valence-electron chi connectivity index (χ4n) is 2.94. The molecule has 1 aliphatic rings. The summed E-state index contributed by atoms with van der Waals surface area (Å²) >= 11 is 0. The molecule has 20 heavy (non-hydrogen) atoms. The van der Waals surface area contributed by atoms with Crippen LogP contribution < -0.4 is 5.32 Å². The molecule has 4 heteroatoms. The second-order valence-corrected chi connectivity index (χ2v) is 5.77. The number of rotatable bonds is 5. The van der Waals surface area contributed by atoms with Crippen molar-refractivity contribution in [2.45, 2.75) is 40.0 Å². The highest BCUT2D eigenvalue weighted by atomic mass is 16.3. The molecule has 0 bridgehead atoms. The van der Waals surface area contributed by atoms with Crippen LogP contribution in [0.4, 0.5) is 0 Å². The first-order valence-corrected chi connectivity index (χ1v) is 7.68. The van der Waals surface area contributed by atoms with Gasteiger partial charge in [-0.15, -0.1) is 0 Å². The molecule has 0 radical (unpaired) electrons. The van der Waals surface area contributed by atoms with E-state index in [1.54, 1.807) is 0 Å². The van der Waals surface area contributed by atoms with Crippen molar-refractivity contribution in [3.8, 4) is 0 Å². The van der Waals surface area contributed by atoms with Crippen molar-refractivity contribution in [3.05, 3.63) is 23.2 Å². The Hall–Kier alpha value is -1.29. The maximum atomic E-state index is 12.7. The summed E-state index contributed by atoms with van der Waals surface area (Å²) in [6, 6.07) is 1.86. The van der Waals surface area contributed by atoms with E-state index in [-0.39, 0.29) is 5.91 Å². The number of hydrogen-bond donors (Lipinski definition) is 1. The fourth-order valence-corrected chi connectivity index (χ4v) is 2.94. The third-order valence-corrected chi connectivity index (χ3v) is 3.99. The van der Waals surface area contributed by atoms with Gasteiger partial charge in [0.25, 0.3) is 5.91 Å². The average molecular weight is 278 g/mol. The van der Waals surface area contributed by atoms with Gasteiger partial charge in [0.1, 0.15) is 11.5 Å². The Labute approximate surface area is 121 Å². The number of nitrogens with zero attached hydrogens (tertiary/aromatic N) is 1. The maximum Gasteiger partial charge on any atom is 0.257 e. The molecule has 1 amide bonds. The normalized spacial score (nSPS) is 16.4. The topological polar surface area (TPSA) is 45.5 Å². The molecule has 1 N–H and O–H groups in total. The molecule has 0 spiro atoms. The van der Waals surface area contributed by atoms with Crippen LogP contribution in [0, 0.1) is 19.8 Å². The van der Waals surface area contributed by atoms with Gasteiger partial charge in [0, 0.05) is 13.1 Å². The molecule has 2 rings (SSSR count). The number of nitrogens with one attached hydrogen (secondary N) is 1.